The van der Waals surface area contributed by atoms with E-state index < -0.39 is 0 Å². The highest BCUT2D eigenvalue weighted by Gasteiger charge is 1.99. The van der Waals surface area contributed by atoms with Crippen LogP contribution < -0.4 is 0 Å². The van der Waals surface area contributed by atoms with E-state index in [1.54, 1.807) is 23.0 Å². The van der Waals surface area contributed by atoms with Crippen LogP contribution in [0, 0.1) is 6.92 Å². The minimum atomic E-state index is 0.433. The number of nitrogens with zero attached hydrogens (tertiary/aromatic N) is 3. The molecule has 0 atom stereocenters. The van der Waals surface area contributed by atoms with E-state index in [0.29, 0.717) is 5.69 Å². The van der Waals surface area contributed by atoms with Crippen LogP contribution in [0.1, 0.15) is 16.2 Å². The zero-order valence-corrected chi connectivity index (χ0v) is 6.56. The summed E-state index contributed by atoms with van der Waals surface area (Å²) in [6, 6.07) is 1.69. The molecule has 0 N–H and O–H groups in total. The molecule has 12 heavy (non-hydrogen) atoms. The van der Waals surface area contributed by atoms with Crippen molar-refractivity contribution < 1.29 is 4.79 Å². The molecule has 0 amide bonds. The molecule has 0 aromatic carbocycles. The van der Waals surface area contributed by atoms with Crippen LogP contribution in [0.15, 0.2) is 18.5 Å². The first-order chi connectivity index (χ1) is 5.79. The molecule has 0 saturated carbocycles. The molecule has 0 radical (unpaired) electrons. The molecule has 0 fully saturated rings. The third-order valence-corrected chi connectivity index (χ3v) is 1.61. The van der Waals surface area contributed by atoms with E-state index in [4.69, 9.17) is 0 Å². The highest BCUT2D eigenvalue weighted by Crippen LogP contribution is 2.03. The summed E-state index contributed by atoms with van der Waals surface area (Å²) in [6.45, 7) is 1.88. The van der Waals surface area contributed by atoms with Gasteiger partial charge >= 0.3 is 0 Å². The smallest absolute Gasteiger partial charge is 0.170 e. The third kappa shape index (κ3) is 0.972. The van der Waals surface area contributed by atoms with Gasteiger partial charge in [-0.25, -0.2) is 4.52 Å². The van der Waals surface area contributed by atoms with Gasteiger partial charge < -0.3 is 0 Å². The third-order valence-electron chi connectivity index (χ3n) is 1.61. The maximum atomic E-state index is 10.4. The molecule has 2 rings (SSSR count). The Morgan fingerprint density at radius 3 is 3.17 bits per heavy atom. The lowest BCUT2D eigenvalue weighted by Gasteiger charge is -1.92. The fourth-order valence-electron chi connectivity index (χ4n) is 1.06. The zero-order chi connectivity index (χ0) is 8.55. The lowest BCUT2D eigenvalue weighted by Crippen LogP contribution is -1.90. The van der Waals surface area contributed by atoms with Crippen molar-refractivity contribution in [1.82, 2.24) is 14.6 Å². The molecule has 0 aliphatic heterocycles. The van der Waals surface area contributed by atoms with Crippen molar-refractivity contribution in [3.8, 4) is 0 Å². The lowest BCUT2D eigenvalue weighted by molar-refractivity contribution is 0.111. The minimum absolute atomic E-state index is 0.433. The van der Waals surface area contributed by atoms with Gasteiger partial charge in [-0.1, -0.05) is 0 Å². The summed E-state index contributed by atoms with van der Waals surface area (Å²) in [6.07, 6.45) is 4.19. The number of aromatic nitrogens is 3. The average molecular weight is 161 g/mol. The molecule has 4 nitrogen and oxygen atoms in total. The Labute approximate surface area is 68.8 Å². The van der Waals surface area contributed by atoms with Gasteiger partial charge in [-0.3, -0.25) is 9.78 Å². The Bertz CT molecular complexity index is 433. The van der Waals surface area contributed by atoms with E-state index in [1.165, 1.54) is 0 Å². The monoisotopic (exact) mass is 161 g/mol. The number of carbonyl (C=O) groups is 1. The van der Waals surface area contributed by atoms with Crippen LogP contribution in [0.5, 0.6) is 0 Å². The van der Waals surface area contributed by atoms with Crippen LogP contribution in [0.25, 0.3) is 5.52 Å². The number of hydrogen-bond acceptors (Lipinski definition) is 3. The molecule has 0 aliphatic rings. The number of hydrogen-bond donors (Lipinski definition) is 0. The van der Waals surface area contributed by atoms with Crippen molar-refractivity contribution in [2.75, 3.05) is 0 Å². The van der Waals surface area contributed by atoms with Gasteiger partial charge in [0.1, 0.15) is 5.69 Å². The molecule has 0 aliphatic carbocycles. The molecule has 0 unspecified atom stereocenters. The molecule has 2 aromatic rings. The number of aldehydes is 1. The molecule has 2 heterocycles. The predicted molar refractivity (Wildman–Crippen MR) is 43.1 cm³/mol. The highest BCUT2D eigenvalue weighted by atomic mass is 16.1. The first kappa shape index (κ1) is 6.97. The second kappa shape index (κ2) is 2.41. The van der Waals surface area contributed by atoms with E-state index in [9.17, 15) is 4.79 Å². The maximum Gasteiger partial charge on any atom is 0.170 e. The van der Waals surface area contributed by atoms with Gasteiger partial charge in [0.05, 0.1) is 23.6 Å². The second-order valence-corrected chi connectivity index (χ2v) is 2.59. The standard InChI is InChI=1S/C8H7N3O/c1-6-4-11-8(3-9-6)2-7(5-12)10-11/h2-5H,1H3. The number of rotatable bonds is 1. The normalized spacial score (nSPS) is 10.4. The van der Waals surface area contributed by atoms with Gasteiger partial charge in [0.25, 0.3) is 0 Å². The molecule has 4 heteroatoms. The summed E-state index contributed by atoms with van der Waals surface area (Å²) in [5, 5.41) is 4.00. The molecule has 0 saturated heterocycles. The van der Waals surface area contributed by atoms with Gasteiger partial charge in [-0.2, -0.15) is 5.10 Å². The topological polar surface area (TPSA) is 47.3 Å². The van der Waals surface area contributed by atoms with E-state index in [-0.39, 0.29) is 0 Å². The van der Waals surface area contributed by atoms with Crippen LogP contribution in [-0.4, -0.2) is 20.9 Å². The molecular weight excluding hydrogens is 154 g/mol. The highest BCUT2D eigenvalue weighted by molar-refractivity contribution is 5.74. The second-order valence-electron chi connectivity index (χ2n) is 2.59. The fourth-order valence-corrected chi connectivity index (χ4v) is 1.06. The van der Waals surface area contributed by atoms with Crippen LogP contribution in [0.4, 0.5) is 0 Å². The SMILES string of the molecule is Cc1cn2nc(C=O)cc2cn1. The predicted octanol–water partition coefficient (Wildman–Crippen LogP) is 0.850. The van der Waals surface area contributed by atoms with Gasteiger partial charge in [-0.15, -0.1) is 0 Å². The zero-order valence-electron chi connectivity index (χ0n) is 6.56. The van der Waals surface area contributed by atoms with Gasteiger partial charge in [0, 0.05) is 0 Å². The summed E-state index contributed by atoms with van der Waals surface area (Å²) in [5.74, 6) is 0. The van der Waals surface area contributed by atoms with Crippen molar-refractivity contribution in [3.63, 3.8) is 0 Å². The summed E-state index contributed by atoms with van der Waals surface area (Å²) < 4.78 is 1.64. The number of aryl methyl sites for hydroxylation is 1. The van der Waals surface area contributed by atoms with Crippen LogP contribution in [0.3, 0.4) is 0 Å². The quantitative estimate of drug-likeness (QED) is 0.582. The summed E-state index contributed by atoms with van der Waals surface area (Å²) in [4.78, 5) is 14.4. The van der Waals surface area contributed by atoms with Crippen LogP contribution >= 0.6 is 0 Å². The Morgan fingerprint density at radius 2 is 2.42 bits per heavy atom. The molecule has 2 aromatic heterocycles. The van der Waals surface area contributed by atoms with Crippen molar-refractivity contribution in [2.24, 2.45) is 0 Å². The Kier molecular flexibility index (Phi) is 1.40. The van der Waals surface area contributed by atoms with E-state index in [0.717, 1.165) is 17.5 Å². The average Bonchev–Trinajstić information content (AvgIpc) is 2.46. The van der Waals surface area contributed by atoms with Gasteiger partial charge in [0.2, 0.25) is 0 Å². The summed E-state index contributed by atoms with van der Waals surface area (Å²) in [5.41, 5.74) is 2.15. The Morgan fingerprint density at radius 1 is 1.58 bits per heavy atom. The Balaban J connectivity index is 2.75. The largest absolute Gasteiger partial charge is 0.296 e. The van der Waals surface area contributed by atoms with Gasteiger partial charge in [-0.05, 0) is 13.0 Å². The molecule has 0 bridgehead atoms. The number of carbonyl (C=O) groups excluding carboxylic acids is 1. The van der Waals surface area contributed by atoms with Crippen molar-refractivity contribution in [3.05, 3.63) is 29.8 Å². The van der Waals surface area contributed by atoms with Gasteiger partial charge in [0.15, 0.2) is 6.29 Å². The van der Waals surface area contributed by atoms with Crippen LogP contribution in [0.2, 0.25) is 0 Å². The fraction of sp³-hybridized carbons (Fsp3) is 0.125. The first-order valence-corrected chi connectivity index (χ1v) is 3.57. The Hall–Kier alpha value is -1.71. The van der Waals surface area contributed by atoms with Crippen molar-refractivity contribution >= 4 is 11.8 Å². The van der Waals surface area contributed by atoms with Crippen molar-refractivity contribution in [1.29, 1.82) is 0 Å². The van der Waals surface area contributed by atoms with Crippen molar-refractivity contribution in [2.45, 2.75) is 6.92 Å². The lowest BCUT2D eigenvalue weighted by atomic mass is 10.4. The van der Waals surface area contributed by atoms with E-state index in [1.807, 2.05) is 6.92 Å². The van der Waals surface area contributed by atoms with Crippen LogP contribution in [-0.2, 0) is 0 Å². The maximum absolute atomic E-state index is 10.4. The van der Waals surface area contributed by atoms with E-state index >= 15 is 0 Å². The molecule has 0 spiro atoms. The number of fused-ring (bicyclic) bond motifs is 1. The summed E-state index contributed by atoms with van der Waals surface area (Å²) >= 11 is 0. The van der Waals surface area contributed by atoms with E-state index in [2.05, 4.69) is 10.1 Å². The first-order valence-electron chi connectivity index (χ1n) is 3.57. The molecule has 60 valence electrons. The summed E-state index contributed by atoms with van der Waals surface area (Å²) in [7, 11) is 0. The molecular formula is C8H7N3O. The minimum Gasteiger partial charge on any atom is -0.296 e.